The van der Waals surface area contributed by atoms with Crippen LogP contribution < -0.4 is 5.73 Å². The first-order valence-electron chi connectivity index (χ1n) is 8.63. The number of anilines is 1. The molecule has 0 atom stereocenters. The van der Waals surface area contributed by atoms with E-state index in [0.29, 0.717) is 21.0 Å². The lowest BCUT2D eigenvalue weighted by molar-refractivity contribution is -0.0228. The average molecular weight is 421 g/mol. The standard InChI is InChI=1S/C19H18F2N4OS2/c1-10-11(2)23-24-17-14(10)15(22)16(28-17)18(26)25-7-19(21,8-25)12-3-5-13(6-4-12)27-9-20/h3-6H,7-9,22H2,1-2H3. The zero-order valence-electron chi connectivity index (χ0n) is 15.3. The Labute approximate surface area is 168 Å². The van der Waals surface area contributed by atoms with Gasteiger partial charge >= 0.3 is 0 Å². The lowest BCUT2D eigenvalue weighted by Gasteiger charge is -2.44. The minimum Gasteiger partial charge on any atom is -0.397 e. The summed E-state index contributed by atoms with van der Waals surface area (Å²) >= 11 is 2.24. The highest BCUT2D eigenvalue weighted by atomic mass is 32.2. The van der Waals surface area contributed by atoms with Gasteiger partial charge in [0.25, 0.3) is 5.91 Å². The first-order valence-corrected chi connectivity index (χ1v) is 10.4. The van der Waals surface area contributed by atoms with Crippen molar-refractivity contribution in [3.8, 4) is 0 Å². The summed E-state index contributed by atoms with van der Waals surface area (Å²) in [5.41, 5.74) is 7.14. The summed E-state index contributed by atoms with van der Waals surface area (Å²) in [6, 6.07) is 6.16. The highest BCUT2D eigenvalue weighted by Gasteiger charge is 2.48. The van der Waals surface area contributed by atoms with Crippen LogP contribution in [0.4, 0.5) is 14.5 Å². The quantitative estimate of drug-likeness (QED) is 0.640. The molecule has 3 aromatic rings. The van der Waals surface area contributed by atoms with E-state index in [1.165, 1.54) is 16.2 Å². The van der Waals surface area contributed by atoms with E-state index in [1.54, 1.807) is 24.3 Å². The van der Waals surface area contributed by atoms with Crippen LogP contribution in [0.3, 0.4) is 0 Å². The van der Waals surface area contributed by atoms with E-state index in [-0.39, 0.29) is 19.0 Å². The van der Waals surface area contributed by atoms with Crippen molar-refractivity contribution in [1.82, 2.24) is 15.1 Å². The molecule has 146 valence electrons. The fraction of sp³-hybridized carbons (Fsp3) is 0.316. The predicted octanol–water partition coefficient (Wildman–Crippen LogP) is 4.23. The number of nitrogens with two attached hydrogens (primary N) is 1. The van der Waals surface area contributed by atoms with Gasteiger partial charge in [0, 0.05) is 10.3 Å². The van der Waals surface area contributed by atoms with Gasteiger partial charge in [-0.3, -0.25) is 4.79 Å². The number of hydrogen-bond acceptors (Lipinski definition) is 6. The van der Waals surface area contributed by atoms with Crippen molar-refractivity contribution in [3.05, 3.63) is 46.0 Å². The Morgan fingerprint density at radius 3 is 2.61 bits per heavy atom. The normalized spacial score (nSPS) is 15.6. The SMILES string of the molecule is Cc1nnc2sc(C(=O)N3CC(F)(c4ccc(SCF)cc4)C3)c(N)c2c1C. The highest BCUT2D eigenvalue weighted by molar-refractivity contribution is 7.99. The van der Waals surface area contributed by atoms with Crippen molar-refractivity contribution >= 4 is 44.9 Å². The van der Waals surface area contributed by atoms with Crippen LogP contribution in [0.2, 0.25) is 0 Å². The number of thiophene rings is 1. The molecular formula is C19H18F2N4OS2. The molecule has 1 aliphatic rings. The van der Waals surface area contributed by atoms with E-state index < -0.39 is 11.7 Å². The molecule has 9 heteroatoms. The number of aromatic nitrogens is 2. The second-order valence-corrected chi connectivity index (χ2v) is 8.82. The third kappa shape index (κ3) is 3.02. The van der Waals surface area contributed by atoms with Crippen molar-refractivity contribution in [1.29, 1.82) is 0 Å². The van der Waals surface area contributed by atoms with Gasteiger partial charge in [0.05, 0.1) is 24.5 Å². The first-order chi connectivity index (χ1) is 13.3. The Bertz CT molecular complexity index is 1060. The largest absolute Gasteiger partial charge is 0.397 e. The monoisotopic (exact) mass is 420 g/mol. The molecule has 0 aliphatic carbocycles. The van der Waals surface area contributed by atoms with Crippen LogP contribution in [-0.2, 0) is 5.67 Å². The van der Waals surface area contributed by atoms with E-state index in [2.05, 4.69) is 10.2 Å². The van der Waals surface area contributed by atoms with Gasteiger partial charge in [0.2, 0.25) is 0 Å². The molecule has 0 unspecified atom stereocenters. The van der Waals surface area contributed by atoms with Crippen molar-refractivity contribution in [2.45, 2.75) is 24.4 Å². The number of nitrogens with zero attached hydrogens (tertiary/aromatic N) is 3. The molecule has 2 aromatic heterocycles. The first kappa shape index (κ1) is 19.1. The van der Waals surface area contributed by atoms with Crippen LogP contribution in [0.15, 0.2) is 29.2 Å². The number of hydrogen-bond donors (Lipinski definition) is 1. The average Bonchev–Trinajstić information content (AvgIpc) is 3.00. The highest BCUT2D eigenvalue weighted by Crippen LogP contribution is 2.41. The molecule has 0 saturated carbocycles. The second-order valence-electron chi connectivity index (χ2n) is 6.84. The van der Waals surface area contributed by atoms with Crippen LogP contribution in [0.1, 0.15) is 26.5 Å². The Kier molecular flexibility index (Phi) is 4.75. The van der Waals surface area contributed by atoms with Crippen LogP contribution in [0.5, 0.6) is 0 Å². The maximum absolute atomic E-state index is 15.2. The fourth-order valence-electron chi connectivity index (χ4n) is 3.34. The number of alkyl halides is 2. The minimum atomic E-state index is -1.60. The van der Waals surface area contributed by atoms with Gasteiger partial charge in [-0.25, -0.2) is 8.78 Å². The Morgan fingerprint density at radius 2 is 1.96 bits per heavy atom. The van der Waals surface area contributed by atoms with Gasteiger partial charge in [0.1, 0.15) is 15.7 Å². The maximum Gasteiger partial charge on any atom is 0.266 e. The minimum absolute atomic E-state index is 0.0428. The van der Waals surface area contributed by atoms with E-state index in [1.807, 2.05) is 13.8 Å². The summed E-state index contributed by atoms with van der Waals surface area (Å²) in [4.78, 5) is 16.0. The zero-order chi connectivity index (χ0) is 20.1. The van der Waals surface area contributed by atoms with Gasteiger partial charge < -0.3 is 10.6 Å². The number of fused-ring (bicyclic) bond motifs is 1. The molecule has 4 rings (SSSR count). The van der Waals surface area contributed by atoms with E-state index in [9.17, 15) is 9.18 Å². The number of aryl methyl sites for hydroxylation is 2. The molecule has 3 heterocycles. The summed E-state index contributed by atoms with van der Waals surface area (Å²) < 4.78 is 27.6. The third-order valence-corrected chi connectivity index (χ3v) is 6.88. The molecule has 2 N–H and O–H groups in total. The van der Waals surface area contributed by atoms with Crippen LogP contribution >= 0.6 is 23.1 Å². The molecule has 0 radical (unpaired) electrons. The number of thioether (sulfide) groups is 1. The van der Waals surface area contributed by atoms with E-state index in [0.717, 1.165) is 33.3 Å². The smallest absolute Gasteiger partial charge is 0.266 e. The number of nitrogen functional groups attached to an aromatic ring is 1. The molecule has 1 fully saturated rings. The van der Waals surface area contributed by atoms with Gasteiger partial charge in [0.15, 0.2) is 5.67 Å². The Morgan fingerprint density at radius 1 is 1.29 bits per heavy atom. The lowest BCUT2D eigenvalue weighted by atomic mass is 9.88. The maximum atomic E-state index is 15.2. The summed E-state index contributed by atoms with van der Waals surface area (Å²) in [5.74, 6) is -0.296. The van der Waals surface area contributed by atoms with Gasteiger partial charge in [-0.05, 0) is 37.1 Å². The zero-order valence-corrected chi connectivity index (χ0v) is 17.0. The van der Waals surface area contributed by atoms with Crippen molar-refractivity contribution in [3.63, 3.8) is 0 Å². The number of amides is 1. The predicted molar refractivity (Wildman–Crippen MR) is 108 cm³/mol. The topological polar surface area (TPSA) is 72.1 Å². The fourth-order valence-corrected chi connectivity index (χ4v) is 4.86. The molecule has 1 aromatic carbocycles. The summed E-state index contributed by atoms with van der Waals surface area (Å²) in [6.07, 6.45) is 0. The van der Waals surface area contributed by atoms with Gasteiger partial charge in [-0.2, -0.15) is 5.10 Å². The van der Waals surface area contributed by atoms with Crippen molar-refractivity contribution < 1.29 is 13.6 Å². The van der Waals surface area contributed by atoms with Crippen LogP contribution in [0, 0.1) is 13.8 Å². The molecule has 1 saturated heterocycles. The number of halogens is 2. The van der Waals surface area contributed by atoms with E-state index >= 15 is 4.39 Å². The van der Waals surface area contributed by atoms with Gasteiger partial charge in [-0.15, -0.1) is 16.4 Å². The molecule has 1 aliphatic heterocycles. The van der Waals surface area contributed by atoms with Crippen molar-refractivity contribution in [2.24, 2.45) is 0 Å². The van der Waals surface area contributed by atoms with Gasteiger partial charge in [-0.1, -0.05) is 23.9 Å². The lowest BCUT2D eigenvalue weighted by Crippen LogP contribution is -2.58. The summed E-state index contributed by atoms with van der Waals surface area (Å²) in [6.45, 7) is 3.65. The van der Waals surface area contributed by atoms with E-state index in [4.69, 9.17) is 5.73 Å². The molecule has 5 nitrogen and oxygen atoms in total. The number of likely N-dealkylation sites (tertiary alicyclic amines) is 1. The summed E-state index contributed by atoms with van der Waals surface area (Å²) in [5, 5.41) is 8.94. The number of carbonyl (C=O) groups is 1. The Balaban J connectivity index is 1.54. The number of benzene rings is 1. The third-order valence-electron chi connectivity index (χ3n) is 5.09. The number of carbonyl (C=O) groups excluding carboxylic acids is 1. The summed E-state index contributed by atoms with van der Waals surface area (Å²) in [7, 11) is 0. The number of rotatable bonds is 4. The molecule has 1 amide bonds. The van der Waals surface area contributed by atoms with Crippen molar-refractivity contribution in [2.75, 3.05) is 24.8 Å². The second kappa shape index (κ2) is 6.97. The Hall–Kier alpha value is -2.26. The molecule has 0 spiro atoms. The van der Waals surface area contributed by atoms with Crippen LogP contribution in [0.25, 0.3) is 10.2 Å². The van der Waals surface area contributed by atoms with Crippen LogP contribution in [-0.4, -0.2) is 40.1 Å². The molecule has 0 bridgehead atoms. The molecule has 28 heavy (non-hydrogen) atoms. The molecular weight excluding hydrogens is 402 g/mol.